The first-order chi connectivity index (χ1) is 17.6. The lowest BCUT2D eigenvalue weighted by molar-refractivity contribution is 0.0284. The average molecular weight is 527 g/mol. The molecule has 2 atom stereocenters. The Hall–Kier alpha value is -2.75. The van der Waals surface area contributed by atoms with Gasteiger partial charge in [0.25, 0.3) is 5.91 Å². The Bertz CT molecular complexity index is 1220. The van der Waals surface area contributed by atoms with Crippen molar-refractivity contribution in [2.45, 2.75) is 64.9 Å². The zero-order valence-electron chi connectivity index (χ0n) is 22.8. The van der Waals surface area contributed by atoms with Crippen LogP contribution in [0.1, 0.15) is 29.9 Å². The van der Waals surface area contributed by atoms with Crippen LogP contribution in [-0.2, 0) is 18.0 Å². The highest BCUT2D eigenvalue weighted by Gasteiger charge is 2.34. The highest BCUT2D eigenvalue weighted by Crippen LogP contribution is 2.28. The first kappa shape index (κ1) is 27.3. The maximum atomic E-state index is 13.7. The van der Waals surface area contributed by atoms with E-state index in [-0.39, 0.29) is 23.8 Å². The van der Waals surface area contributed by atoms with Crippen LogP contribution in [0.3, 0.4) is 0 Å². The monoisotopic (exact) mass is 526 g/mol. The second-order valence-electron chi connectivity index (χ2n) is 11.3. The Morgan fingerprint density at radius 1 is 1.11 bits per heavy atom. The number of carbonyl (C=O) groups excluding carboxylic acids is 1. The molecule has 9 heteroatoms. The second-order valence-corrected chi connectivity index (χ2v) is 16.9. The van der Waals surface area contributed by atoms with Crippen molar-refractivity contribution in [3.05, 3.63) is 59.7 Å². The van der Waals surface area contributed by atoms with Crippen molar-refractivity contribution in [1.82, 2.24) is 19.4 Å². The molecular weight excluding hydrogens is 487 g/mol. The van der Waals surface area contributed by atoms with Crippen molar-refractivity contribution < 1.29 is 18.7 Å². The van der Waals surface area contributed by atoms with Gasteiger partial charge >= 0.3 is 0 Å². The molecule has 0 aliphatic carbocycles. The summed E-state index contributed by atoms with van der Waals surface area (Å²) in [6.45, 7) is 14.4. The molecule has 1 aliphatic heterocycles. The molecule has 3 heterocycles. The number of benzene rings is 1. The van der Waals surface area contributed by atoms with E-state index in [0.717, 1.165) is 42.3 Å². The van der Waals surface area contributed by atoms with E-state index < -0.39 is 8.07 Å². The third-order valence-corrected chi connectivity index (χ3v) is 8.75. The SMILES string of the molecule is COc1cc2c(ccn2COCC[Si](C)(C)C)nc1C(=O)N1C[C@H](C)N(Cc2ccc(F)cc2)C[C@H]1C. The summed E-state index contributed by atoms with van der Waals surface area (Å²) in [6.07, 6.45) is 1.94. The smallest absolute Gasteiger partial charge is 0.276 e. The van der Waals surface area contributed by atoms with Crippen molar-refractivity contribution >= 4 is 25.0 Å². The standard InChI is InChI=1S/C28H39FN4O3Si/c1-20-17-33(21(2)16-32(20)18-22-7-9-23(29)10-8-22)28(34)27-26(35-3)15-25-24(30-27)11-12-31(25)19-36-13-14-37(4,5)6/h7-12,15,20-21H,13-14,16-19H2,1-6H3/t20-,21+/m0/s1. The molecule has 4 rings (SSSR count). The molecule has 3 aromatic rings. The van der Waals surface area contributed by atoms with Crippen molar-refractivity contribution in [3.63, 3.8) is 0 Å². The van der Waals surface area contributed by atoms with Crippen LogP contribution in [0.2, 0.25) is 25.7 Å². The van der Waals surface area contributed by atoms with Gasteiger partial charge in [0.2, 0.25) is 0 Å². The van der Waals surface area contributed by atoms with Crippen LogP contribution in [-0.4, -0.2) is 72.2 Å². The summed E-state index contributed by atoms with van der Waals surface area (Å²) in [4.78, 5) is 22.6. The predicted octanol–water partition coefficient (Wildman–Crippen LogP) is 5.23. The molecule has 1 aliphatic rings. The number of aromatic nitrogens is 2. The fourth-order valence-corrected chi connectivity index (χ4v) is 5.47. The van der Waals surface area contributed by atoms with Crippen LogP contribution < -0.4 is 4.74 Å². The highest BCUT2D eigenvalue weighted by molar-refractivity contribution is 6.76. The van der Waals surface area contributed by atoms with Gasteiger partial charge in [-0.1, -0.05) is 31.8 Å². The molecule has 0 bridgehead atoms. The summed E-state index contributed by atoms with van der Waals surface area (Å²) in [6, 6.07) is 11.7. The Morgan fingerprint density at radius 2 is 1.84 bits per heavy atom. The second kappa shape index (κ2) is 11.3. The fraction of sp³-hybridized carbons (Fsp3) is 0.500. The number of nitrogens with zero attached hydrogens (tertiary/aromatic N) is 4. The molecule has 7 nitrogen and oxygen atoms in total. The van der Waals surface area contributed by atoms with Gasteiger partial charge in [-0.2, -0.15) is 0 Å². The number of hydrogen-bond donors (Lipinski definition) is 0. The van der Waals surface area contributed by atoms with Gasteiger partial charge < -0.3 is 18.9 Å². The maximum absolute atomic E-state index is 13.7. The summed E-state index contributed by atoms with van der Waals surface area (Å²) in [5.74, 6) is 0.107. The molecule has 1 saturated heterocycles. The van der Waals surface area contributed by atoms with Gasteiger partial charge in [-0.05, 0) is 43.7 Å². The number of fused-ring (bicyclic) bond motifs is 1. The number of methoxy groups -OCH3 is 1. The van der Waals surface area contributed by atoms with Crippen LogP contribution >= 0.6 is 0 Å². The van der Waals surface area contributed by atoms with Crippen LogP contribution in [0.4, 0.5) is 4.39 Å². The predicted molar refractivity (Wildman–Crippen MR) is 147 cm³/mol. The minimum Gasteiger partial charge on any atom is -0.494 e. The highest BCUT2D eigenvalue weighted by atomic mass is 28.3. The quantitative estimate of drug-likeness (QED) is 0.282. The Kier molecular flexibility index (Phi) is 8.35. The first-order valence-electron chi connectivity index (χ1n) is 13.0. The Labute approximate surface area is 220 Å². The van der Waals surface area contributed by atoms with Crippen molar-refractivity contribution in [1.29, 1.82) is 0 Å². The lowest BCUT2D eigenvalue weighted by Gasteiger charge is -2.44. The summed E-state index contributed by atoms with van der Waals surface area (Å²) in [7, 11) is 0.427. The zero-order valence-corrected chi connectivity index (χ0v) is 23.8. The molecule has 1 amide bonds. The molecule has 0 saturated carbocycles. The topological polar surface area (TPSA) is 59.8 Å². The van der Waals surface area contributed by atoms with Crippen molar-refractivity contribution in [2.75, 3.05) is 26.8 Å². The number of piperazine rings is 1. The normalized spacial score (nSPS) is 18.9. The Morgan fingerprint density at radius 3 is 2.51 bits per heavy atom. The van der Waals surface area contributed by atoms with E-state index >= 15 is 0 Å². The number of halogens is 1. The van der Waals surface area contributed by atoms with Crippen LogP contribution in [0.25, 0.3) is 11.0 Å². The van der Waals surface area contributed by atoms with Gasteiger partial charge in [0, 0.05) is 58.7 Å². The van der Waals surface area contributed by atoms with Crippen LogP contribution in [0, 0.1) is 5.82 Å². The third kappa shape index (κ3) is 6.58. The number of ether oxygens (including phenoxy) is 2. The number of carbonyl (C=O) groups is 1. The third-order valence-electron chi connectivity index (χ3n) is 7.04. The van der Waals surface area contributed by atoms with Gasteiger partial charge in [0.05, 0.1) is 18.1 Å². The van der Waals surface area contributed by atoms with Gasteiger partial charge in [-0.25, -0.2) is 9.37 Å². The molecule has 0 spiro atoms. The molecule has 2 aromatic heterocycles. The fourth-order valence-electron chi connectivity index (χ4n) is 4.72. The molecule has 1 aromatic carbocycles. The number of amides is 1. The van der Waals surface area contributed by atoms with Crippen LogP contribution in [0.15, 0.2) is 42.6 Å². The van der Waals surface area contributed by atoms with E-state index in [4.69, 9.17) is 14.5 Å². The van der Waals surface area contributed by atoms with Crippen LogP contribution in [0.5, 0.6) is 5.75 Å². The largest absolute Gasteiger partial charge is 0.494 e. The van der Waals surface area contributed by atoms with E-state index in [0.29, 0.717) is 24.7 Å². The Balaban J connectivity index is 1.47. The summed E-state index contributed by atoms with van der Waals surface area (Å²) < 4.78 is 26.9. The summed E-state index contributed by atoms with van der Waals surface area (Å²) in [5.41, 5.74) is 3.02. The molecule has 0 N–H and O–H groups in total. The number of hydrogen-bond acceptors (Lipinski definition) is 5. The van der Waals surface area contributed by atoms with E-state index in [9.17, 15) is 9.18 Å². The van der Waals surface area contributed by atoms with Gasteiger partial charge in [0.1, 0.15) is 12.5 Å². The molecule has 0 unspecified atom stereocenters. The van der Waals surface area contributed by atoms with E-state index in [1.807, 2.05) is 39.9 Å². The zero-order chi connectivity index (χ0) is 26.7. The molecule has 37 heavy (non-hydrogen) atoms. The van der Waals surface area contributed by atoms with E-state index in [2.05, 4.69) is 38.4 Å². The average Bonchev–Trinajstić information content (AvgIpc) is 3.25. The van der Waals surface area contributed by atoms with E-state index in [1.165, 1.54) is 12.1 Å². The molecule has 200 valence electrons. The lowest BCUT2D eigenvalue weighted by Crippen LogP contribution is -2.57. The summed E-state index contributed by atoms with van der Waals surface area (Å²) >= 11 is 0. The van der Waals surface area contributed by atoms with Gasteiger partial charge in [0.15, 0.2) is 11.4 Å². The van der Waals surface area contributed by atoms with Crippen molar-refractivity contribution in [2.24, 2.45) is 0 Å². The maximum Gasteiger partial charge on any atom is 0.276 e. The van der Waals surface area contributed by atoms with Crippen molar-refractivity contribution in [3.8, 4) is 5.75 Å². The van der Waals surface area contributed by atoms with E-state index in [1.54, 1.807) is 7.11 Å². The number of rotatable bonds is 9. The molecular formula is C28H39FN4O3Si. The minimum absolute atomic E-state index is 0.00397. The molecule has 1 fully saturated rings. The number of pyridine rings is 1. The molecule has 0 radical (unpaired) electrons. The minimum atomic E-state index is -1.15. The first-order valence-corrected chi connectivity index (χ1v) is 16.7. The summed E-state index contributed by atoms with van der Waals surface area (Å²) in [5, 5.41) is 0. The van der Waals surface area contributed by atoms with Gasteiger partial charge in [-0.3, -0.25) is 9.69 Å². The lowest BCUT2D eigenvalue weighted by atomic mass is 10.1. The van der Waals surface area contributed by atoms with Gasteiger partial charge in [-0.15, -0.1) is 0 Å².